The first-order valence-electron chi connectivity index (χ1n) is 9.54. The minimum absolute atomic E-state index is 0.0122. The van der Waals surface area contributed by atoms with Gasteiger partial charge in [0.2, 0.25) is 0 Å². The topological polar surface area (TPSA) is 103 Å². The van der Waals surface area contributed by atoms with Gasteiger partial charge in [0.05, 0.1) is 30.4 Å². The molecule has 3 aromatic rings. The standard InChI is InChI=1S/C21H22N4O4S/c1-14-4-3-5-20(22-14)23-21(26)18-12-19(15-6-8-17(29-2)9-7-15)25(24-18)16-10-11-30(27,28)13-16/h3-9,12,16H,10-11,13H2,1-2H3,(H,22,23,26)/t16-/m0/s1. The lowest BCUT2D eigenvalue weighted by atomic mass is 10.1. The zero-order chi connectivity index (χ0) is 21.3. The van der Waals surface area contributed by atoms with Crippen LogP contribution in [0.3, 0.4) is 0 Å². The van der Waals surface area contributed by atoms with Gasteiger partial charge in [-0.15, -0.1) is 0 Å². The van der Waals surface area contributed by atoms with Crippen LogP contribution in [0.2, 0.25) is 0 Å². The van der Waals surface area contributed by atoms with Crippen LogP contribution in [0, 0.1) is 6.92 Å². The number of carbonyl (C=O) groups excluding carboxylic acids is 1. The van der Waals surface area contributed by atoms with Gasteiger partial charge < -0.3 is 10.1 Å². The summed E-state index contributed by atoms with van der Waals surface area (Å²) in [4.78, 5) is 17.1. The number of pyridine rings is 1. The number of nitrogens with one attached hydrogen (secondary N) is 1. The number of rotatable bonds is 5. The first-order valence-corrected chi connectivity index (χ1v) is 11.4. The van der Waals surface area contributed by atoms with Crippen LogP contribution in [0.15, 0.2) is 48.5 Å². The van der Waals surface area contributed by atoms with Gasteiger partial charge in [-0.1, -0.05) is 6.07 Å². The fourth-order valence-corrected chi connectivity index (χ4v) is 5.21. The predicted octanol–water partition coefficient (Wildman–Crippen LogP) is 2.87. The summed E-state index contributed by atoms with van der Waals surface area (Å²) in [6.45, 7) is 1.84. The number of nitrogens with zero attached hydrogens (tertiary/aromatic N) is 3. The Morgan fingerprint density at radius 1 is 1.20 bits per heavy atom. The molecule has 1 saturated heterocycles. The Morgan fingerprint density at radius 2 is 1.97 bits per heavy atom. The van der Waals surface area contributed by atoms with Gasteiger partial charge in [-0.05, 0) is 55.8 Å². The fourth-order valence-electron chi connectivity index (χ4n) is 3.52. The van der Waals surface area contributed by atoms with E-state index in [4.69, 9.17) is 4.74 Å². The number of aromatic nitrogens is 3. The molecular formula is C21H22N4O4S. The van der Waals surface area contributed by atoms with Crippen LogP contribution in [0.5, 0.6) is 5.75 Å². The molecule has 0 bridgehead atoms. The highest BCUT2D eigenvalue weighted by Gasteiger charge is 2.32. The first kappa shape index (κ1) is 20.1. The minimum Gasteiger partial charge on any atom is -0.497 e. The van der Waals surface area contributed by atoms with Crippen molar-refractivity contribution in [2.24, 2.45) is 0 Å². The molecule has 0 unspecified atom stereocenters. The van der Waals surface area contributed by atoms with E-state index < -0.39 is 15.7 Å². The van der Waals surface area contributed by atoms with Crippen molar-refractivity contribution in [3.05, 3.63) is 59.9 Å². The summed E-state index contributed by atoms with van der Waals surface area (Å²) in [6.07, 6.45) is 0.466. The number of carbonyl (C=O) groups is 1. The molecule has 4 rings (SSSR count). The molecule has 1 atom stereocenters. The van der Waals surface area contributed by atoms with Crippen molar-refractivity contribution in [1.29, 1.82) is 0 Å². The lowest BCUT2D eigenvalue weighted by Crippen LogP contribution is -2.17. The summed E-state index contributed by atoms with van der Waals surface area (Å²) in [5.41, 5.74) is 2.49. The molecule has 156 valence electrons. The van der Waals surface area contributed by atoms with E-state index in [1.807, 2.05) is 43.3 Å². The van der Waals surface area contributed by atoms with Crippen LogP contribution in [0.1, 0.15) is 28.6 Å². The molecule has 1 aliphatic heterocycles. The van der Waals surface area contributed by atoms with E-state index in [-0.39, 0.29) is 23.2 Å². The summed E-state index contributed by atoms with van der Waals surface area (Å²) >= 11 is 0. The van der Waals surface area contributed by atoms with Crippen molar-refractivity contribution in [1.82, 2.24) is 14.8 Å². The Labute approximate surface area is 174 Å². The molecule has 8 nitrogen and oxygen atoms in total. The van der Waals surface area contributed by atoms with Gasteiger partial charge in [0.15, 0.2) is 15.5 Å². The minimum atomic E-state index is -3.11. The summed E-state index contributed by atoms with van der Waals surface area (Å²) in [6, 6.07) is 14.1. The number of sulfone groups is 1. The zero-order valence-electron chi connectivity index (χ0n) is 16.7. The smallest absolute Gasteiger partial charge is 0.277 e. The van der Waals surface area contributed by atoms with Crippen LogP contribution in [-0.2, 0) is 9.84 Å². The number of hydrogen-bond acceptors (Lipinski definition) is 6. The summed E-state index contributed by atoms with van der Waals surface area (Å²) in [5, 5.41) is 7.23. The van der Waals surface area contributed by atoms with E-state index in [1.54, 1.807) is 23.9 Å². The lowest BCUT2D eigenvalue weighted by molar-refractivity contribution is 0.102. The Morgan fingerprint density at radius 3 is 2.60 bits per heavy atom. The normalized spacial score (nSPS) is 17.6. The van der Waals surface area contributed by atoms with Crippen molar-refractivity contribution in [3.8, 4) is 17.0 Å². The molecule has 1 aliphatic rings. The third kappa shape index (κ3) is 4.20. The maximum Gasteiger partial charge on any atom is 0.277 e. The second kappa shape index (κ2) is 7.91. The second-order valence-corrected chi connectivity index (χ2v) is 9.49. The zero-order valence-corrected chi connectivity index (χ0v) is 17.5. The molecule has 1 N–H and O–H groups in total. The molecule has 3 heterocycles. The van der Waals surface area contributed by atoms with E-state index in [1.165, 1.54) is 0 Å². The first-order chi connectivity index (χ1) is 14.3. The Hall–Kier alpha value is -3.20. The summed E-state index contributed by atoms with van der Waals surface area (Å²) in [7, 11) is -1.52. The number of aryl methyl sites for hydroxylation is 1. The van der Waals surface area contributed by atoms with E-state index >= 15 is 0 Å². The lowest BCUT2D eigenvalue weighted by Gasteiger charge is -2.13. The number of anilines is 1. The Kier molecular flexibility index (Phi) is 5.29. The SMILES string of the molecule is COc1ccc(-c2cc(C(=O)Nc3cccc(C)n3)nn2[C@H]2CCS(=O)(=O)C2)cc1. The molecule has 1 aromatic carbocycles. The predicted molar refractivity (Wildman–Crippen MR) is 113 cm³/mol. The molecule has 0 aliphatic carbocycles. The van der Waals surface area contributed by atoms with E-state index in [0.717, 1.165) is 11.3 Å². The van der Waals surface area contributed by atoms with Crippen molar-refractivity contribution in [2.45, 2.75) is 19.4 Å². The van der Waals surface area contributed by atoms with Gasteiger partial charge >= 0.3 is 0 Å². The van der Waals surface area contributed by atoms with Gasteiger partial charge in [0.25, 0.3) is 5.91 Å². The van der Waals surface area contributed by atoms with Crippen molar-refractivity contribution >= 4 is 21.6 Å². The monoisotopic (exact) mass is 426 g/mol. The van der Waals surface area contributed by atoms with Crippen LogP contribution in [-0.4, -0.2) is 47.7 Å². The maximum atomic E-state index is 12.8. The number of ether oxygens (including phenoxy) is 1. The fraction of sp³-hybridized carbons (Fsp3) is 0.286. The molecule has 1 amide bonds. The van der Waals surface area contributed by atoms with Crippen molar-refractivity contribution in [3.63, 3.8) is 0 Å². The highest BCUT2D eigenvalue weighted by Crippen LogP contribution is 2.31. The van der Waals surface area contributed by atoms with Gasteiger partial charge in [-0.25, -0.2) is 13.4 Å². The molecule has 2 aromatic heterocycles. The molecule has 0 spiro atoms. The quantitative estimate of drug-likeness (QED) is 0.673. The highest BCUT2D eigenvalue weighted by atomic mass is 32.2. The number of benzene rings is 1. The number of hydrogen-bond donors (Lipinski definition) is 1. The Bertz CT molecular complexity index is 1190. The van der Waals surface area contributed by atoms with Gasteiger partial charge in [0, 0.05) is 11.3 Å². The maximum absolute atomic E-state index is 12.8. The van der Waals surface area contributed by atoms with E-state index in [9.17, 15) is 13.2 Å². The van der Waals surface area contributed by atoms with Crippen molar-refractivity contribution in [2.75, 3.05) is 23.9 Å². The average Bonchev–Trinajstić information content (AvgIpc) is 3.31. The Balaban J connectivity index is 1.70. The number of methoxy groups -OCH3 is 1. The van der Waals surface area contributed by atoms with Gasteiger partial charge in [0.1, 0.15) is 11.6 Å². The third-order valence-corrected chi connectivity index (χ3v) is 6.79. The molecule has 0 radical (unpaired) electrons. The van der Waals surface area contributed by atoms with Crippen LogP contribution in [0.4, 0.5) is 5.82 Å². The largest absolute Gasteiger partial charge is 0.497 e. The average molecular weight is 426 g/mol. The van der Waals surface area contributed by atoms with Crippen LogP contribution >= 0.6 is 0 Å². The van der Waals surface area contributed by atoms with E-state index in [0.29, 0.717) is 23.7 Å². The third-order valence-electron chi connectivity index (χ3n) is 5.04. The highest BCUT2D eigenvalue weighted by molar-refractivity contribution is 7.91. The summed E-state index contributed by atoms with van der Waals surface area (Å²) in [5.74, 6) is 0.871. The van der Waals surface area contributed by atoms with Gasteiger partial charge in [-0.2, -0.15) is 5.10 Å². The molecule has 9 heteroatoms. The van der Waals surface area contributed by atoms with Crippen LogP contribution in [0.25, 0.3) is 11.3 Å². The van der Waals surface area contributed by atoms with Crippen LogP contribution < -0.4 is 10.1 Å². The second-order valence-electron chi connectivity index (χ2n) is 7.26. The number of amides is 1. The van der Waals surface area contributed by atoms with Crippen molar-refractivity contribution < 1.29 is 17.9 Å². The van der Waals surface area contributed by atoms with Gasteiger partial charge in [-0.3, -0.25) is 9.48 Å². The molecular weight excluding hydrogens is 404 g/mol. The molecule has 30 heavy (non-hydrogen) atoms. The molecule has 1 fully saturated rings. The molecule has 0 saturated carbocycles. The summed E-state index contributed by atoms with van der Waals surface area (Å²) < 4.78 is 30.9. The van der Waals surface area contributed by atoms with E-state index in [2.05, 4.69) is 15.4 Å².